The van der Waals surface area contributed by atoms with Crippen LogP contribution in [0.3, 0.4) is 0 Å². The topological polar surface area (TPSA) is 20.6 Å². The van der Waals surface area contributed by atoms with Crippen molar-refractivity contribution in [2.45, 2.75) is 6.92 Å². The molecule has 11 rings (SSSR count). The van der Waals surface area contributed by atoms with E-state index in [0.29, 0.717) is 0 Å². The Kier molecular flexibility index (Phi) is 9.95. The highest BCUT2D eigenvalue weighted by Gasteiger charge is 2.20. The van der Waals surface area contributed by atoms with Crippen molar-refractivity contribution in [2.24, 2.45) is 0 Å². The van der Waals surface area contributed by atoms with Gasteiger partial charge in [-0.05, 0) is 161 Å². The number of benzene rings is 10. The summed E-state index contributed by atoms with van der Waals surface area (Å²) < 4.78 is 7.95. The molecule has 0 unspecified atom stereocenters. The maximum Gasteiger partial charge on any atom is 0.119 e. The van der Waals surface area contributed by atoms with Crippen molar-refractivity contribution in [3.63, 3.8) is 0 Å². The van der Waals surface area contributed by atoms with Crippen molar-refractivity contribution >= 4 is 66.7 Å². The molecule has 0 fully saturated rings. The molecule has 0 radical (unpaired) electrons. The third-order valence-corrected chi connectivity index (χ3v) is 12.3. The lowest BCUT2D eigenvalue weighted by Crippen LogP contribution is -2.13. The Morgan fingerprint density at radius 3 is 1.41 bits per heavy atom. The van der Waals surface area contributed by atoms with Gasteiger partial charge in [0.25, 0.3) is 0 Å². The Balaban J connectivity index is 1.05. The van der Waals surface area contributed by atoms with Crippen LogP contribution in [0.2, 0.25) is 0 Å². The van der Waals surface area contributed by atoms with E-state index in [1.54, 1.807) is 7.11 Å². The predicted octanol–water partition coefficient (Wildman–Crippen LogP) is 16.5. The summed E-state index contributed by atoms with van der Waals surface area (Å²) in [4.78, 5) is 4.68. The van der Waals surface area contributed by atoms with E-state index in [-0.39, 0.29) is 0 Å². The van der Waals surface area contributed by atoms with Gasteiger partial charge in [0.1, 0.15) is 5.75 Å². The minimum atomic E-state index is 0.816. The van der Waals surface area contributed by atoms with Crippen LogP contribution in [0.1, 0.15) is 5.56 Å². The molecule has 1 heterocycles. The van der Waals surface area contributed by atoms with Crippen LogP contribution in [0.4, 0.5) is 34.1 Å². The van der Waals surface area contributed by atoms with Gasteiger partial charge in [-0.25, -0.2) is 0 Å². The molecule has 0 atom stereocenters. The van der Waals surface area contributed by atoms with Crippen molar-refractivity contribution in [3.8, 4) is 33.7 Å². The smallest absolute Gasteiger partial charge is 0.119 e. The SMILES string of the molecule is COc1ccc(N(c2ccccc2)c2cc(-c3ccc4cc(-c5ccc6c(c5)c5ccccc5n6-c5ccccc5)ccc4c3)cc(N(c3ccccc3)c3ccc(C)cc3)c2)cc1. The molecule has 0 saturated carbocycles. The predicted molar refractivity (Wildman–Crippen MR) is 270 cm³/mol. The van der Waals surface area contributed by atoms with Crippen LogP contribution >= 0.6 is 0 Å². The quantitative estimate of drug-likeness (QED) is 0.137. The average Bonchev–Trinajstić information content (AvgIpc) is 3.69. The first-order chi connectivity index (χ1) is 31.6. The fourth-order valence-corrected chi connectivity index (χ4v) is 9.11. The summed E-state index contributed by atoms with van der Waals surface area (Å²) in [7, 11) is 1.71. The largest absolute Gasteiger partial charge is 0.497 e. The van der Waals surface area contributed by atoms with Gasteiger partial charge in [-0.15, -0.1) is 0 Å². The average molecular weight is 824 g/mol. The van der Waals surface area contributed by atoms with Gasteiger partial charge in [-0.2, -0.15) is 0 Å². The normalized spacial score (nSPS) is 11.3. The lowest BCUT2D eigenvalue weighted by Gasteiger charge is -2.30. The third kappa shape index (κ3) is 7.21. The van der Waals surface area contributed by atoms with Gasteiger partial charge in [0, 0.05) is 50.6 Å². The maximum atomic E-state index is 5.58. The fraction of sp³-hybridized carbons (Fsp3) is 0.0333. The molecule has 0 spiro atoms. The third-order valence-electron chi connectivity index (χ3n) is 12.3. The van der Waals surface area contributed by atoms with Crippen LogP contribution in [0, 0.1) is 6.92 Å². The second-order valence-electron chi connectivity index (χ2n) is 16.3. The van der Waals surface area contributed by atoms with Gasteiger partial charge >= 0.3 is 0 Å². The number of hydrogen-bond donors (Lipinski definition) is 0. The van der Waals surface area contributed by atoms with E-state index in [9.17, 15) is 0 Å². The van der Waals surface area contributed by atoms with E-state index in [0.717, 1.165) is 56.7 Å². The van der Waals surface area contributed by atoms with Crippen molar-refractivity contribution < 1.29 is 4.74 Å². The first kappa shape index (κ1) is 38.6. The van der Waals surface area contributed by atoms with Crippen molar-refractivity contribution in [3.05, 3.63) is 242 Å². The van der Waals surface area contributed by atoms with Crippen LogP contribution in [-0.2, 0) is 0 Å². The zero-order chi connectivity index (χ0) is 43.0. The maximum absolute atomic E-state index is 5.58. The zero-order valence-corrected chi connectivity index (χ0v) is 35.8. The van der Waals surface area contributed by atoms with E-state index in [1.807, 2.05) is 12.1 Å². The minimum absolute atomic E-state index is 0.816. The molecule has 306 valence electrons. The number of aromatic nitrogens is 1. The van der Waals surface area contributed by atoms with Crippen LogP contribution in [0.25, 0.3) is 60.5 Å². The van der Waals surface area contributed by atoms with Gasteiger partial charge in [0.15, 0.2) is 0 Å². The van der Waals surface area contributed by atoms with Crippen LogP contribution < -0.4 is 14.5 Å². The Labute approximate surface area is 374 Å². The number of aryl methyl sites for hydroxylation is 1. The summed E-state index contributed by atoms with van der Waals surface area (Å²) in [5.41, 5.74) is 15.8. The Morgan fingerprint density at radius 1 is 0.344 bits per heavy atom. The van der Waals surface area contributed by atoms with E-state index in [1.165, 1.54) is 49.3 Å². The molecule has 0 aliphatic rings. The highest BCUT2D eigenvalue weighted by atomic mass is 16.5. The van der Waals surface area contributed by atoms with Gasteiger partial charge in [0.2, 0.25) is 0 Å². The number of fused-ring (bicyclic) bond motifs is 4. The Morgan fingerprint density at radius 2 is 0.812 bits per heavy atom. The summed E-state index contributed by atoms with van der Waals surface area (Å²) in [5.74, 6) is 0.816. The molecule has 10 aromatic carbocycles. The zero-order valence-electron chi connectivity index (χ0n) is 35.8. The molecule has 0 amide bonds. The number of methoxy groups -OCH3 is 1. The summed E-state index contributed by atoms with van der Waals surface area (Å²) in [6.45, 7) is 2.13. The van der Waals surface area contributed by atoms with E-state index in [2.05, 4.69) is 246 Å². The number of ether oxygens (including phenoxy) is 1. The van der Waals surface area contributed by atoms with Crippen molar-refractivity contribution in [2.75, 3.05) is 16.9 Å². The summed E-state index contributed by atoms with van der Waals surface area (Å²) in [6, 6.07) is 85.2. The number of hydrogen-bond acceptors (Lipinski definition) is 3. The second-order valence-corrected chi connectivity index (χ2v) is 16.3. The molecular weight excluding hydrogens is 779 g/mol. The molecular formula is C60H45N3O. The van der Waals surface area contributed by atoms with E-state index < -0.39 is 0 Å². The molecule has 4 nitrogen and oxygen atoms in total. The molecule has 0 bridgehead atoms. The fourth-order valence-electron chi connectivity index (χ4n) is 9.11. The first-order valence-electron chi connectivity index (χ1n) is 21.8. The lowest BCUT2D eigenvalue weighted by molar-refractivity contribution is 0.415. The van der Waals surface area contributed by atoms with Crippen LogP contribution in [0.5, 0.6) is 5.75 Å². The molecule has 0 aliphatic carbocycles. The molecule has 0 aliphatic heterocycles. The van der Waals surface area contributed by atoms with Crippen molar-refractivity contribution in [1.29, 1.82) is 0 Å². The highest BCUT2D eigenvalue weighted by Crippen LogP contribution is 2.44. The van der Waals surface area contributed by atoms with E-state index in [4.69, 9.17) is 4.74 Å². The lowest BCUT2D eigenvalue weighted by atomic mass is 9.96. The van der Waals surface area contributed by atoms with Crippen LogP contribution in [-0.4, -0.2) is 11.7 Å². The highest BCUT2D eigenvalue weighted by molar-refractivity contribution is 6.10. The summed E-state index contributed by atoms with van der Waals surface area (Å²) in [6.07, 6.45) is 0. The number of anilines is 6. The van der Waals surface area contributed by atoms with Gasteiger partial charge in [0.05, 0.1) is 18.1 Å². The van der Waals surface area contributed by atoms with Crippen molar-refractivity contribution in [1.82, 2.24) is 4.57 Å². The molecule has 0 N–H and O–H groups in total. The van der Waals surface area contributed by atoms with Gasteiger partial charge in [-0.3, -0.25) is 0 Å². The first-order valence-corrected chi connectivity index (χ1v) is 21.8. The number of para-hydroxylation sites is 4. The Bertz CT molecular complexity index is 3420. The summed E-state index contributed by atoms with van der Waals surface area (Å²) >= 11 is 0. The monoisotopic (exact) mass is 823 g/mol. The molecule has 0 saturated heterocycles. The second kappa shape index (κ2) is 16.5. The Hall–Kier alpha value is -8.34. The van der Waals surface area contributed by atoms with Crippen LogP contribution in [0.15, 0.2) is 237 Å². The molecule has 11 aromatic rings. The minimum Gasteiger partial charge on any atom is -0.497 e. The van der Waals surface area contributed by atoms with E-state index >= 15 is 0 Å². The molecule has 64 heavy (non-hydrogen) atoms. The summed E-state index contributed by atoms with van der Waals surface area (Å²) in [5, 5.41) is 4.88. The standard InChI is InChI=1S/C60H45N3O/c1-42-22-29-52(30-23-42)61(49-14-6-3-7-15-49)54-38-48(39-55(41-54)62(50-16-8-4-9-17-50)53-31-33-56(64-2)34-32-53)46-27-26-43-36-45(25-24-44(43)37-46)47-28-35-60-58(40-47)57-20-12-13-21-59(57)63(60)51-18-10-5-11-19-51/h3-41H,1-2H3. The van der Waals surface area contributed by atoms with Gasteiger partial charge < -0.3 is 19.1 Å². The number of nitrogens with zero attached hydrogens (tertiary/aromatic N) is 3. The molecule has 4 heteroatoms. The number of rotatable bonds is 10. The molecule has 1 aromatic heterocycles. The van der Waals surface area contributed by atoms with Gasteiger partial charge in [-0.1, -0.05) is 121 Å².